The fourth-order valence-corrected chi connectivity index (χ4v) is 10.4. The van der Waals surface area contributed by atoms with Crippen LogP contribution in [-0.4, -0.2) is 104 Å². The Morgan fingerprint density at radius 1 is 1.04 bits per heavy atom. The normalized spacial score (nSPS) is 22.9. The number of nitrogens with two attached hydrogens (primary N) is 1. The highest BCUT2D eigenvalue weighted by Crippen LogP contribution is 2.37. The molecule has 1 aromatic carbocycles. The molecule has 0 bridgehead atoms. The Morgan fingerprint density at radius 2 is 1.69 bits per heavy atom. The molecule has 3 heterocycles. The third kappa shape index (κ3) is 9.18. The second kappa shape index (κ2) is 15.9. The minimum atomic E-state index is -3.81. The number of aliphatic hydroxyl groups is 1. The molecule has 5 N–H and O–H groups in total. The van der Waals surface area contributed by atoms with Crippen molar-refractivity contribution >= 4 is 56.9 Å². The Morgan fingerprint density at radius 3 is 2.29 bits per heavy atom. The van der Waals surface area contributed by atoms with Gasteiger partial charge in [0.15, 0.2) is 0 Å². The SMILES string of the molecule is CC1(NS(=O)(=O)c2ccc(C(=O)N=C(CC3CCCCC3)C(=O)N3C[C@@H](n4nncc4C(C)(C)O)C[C@H]3C(=O)NC3(C(=O)C(N)=O)CCSCC3)cc2)CC1. The van der Waals surface area contributed by atoms with Gasteiger partial charge in [0.1, 0.15) is 22.9 Å². The number of likely N-dealkylation sites (tertiary alicyclic amines) is 1. The Kier molecular flexibility index (Phi) is 11.7. The van der Waals surface area contributed by atoms with E-state index in [1.54, 1.807) is 25.6 Å². The van der Waals surface area contributed by atoms with Crippen LogP contribution in [-0.2, 0) is 34.8 Å². The fraction of sp³-hybridized carbons (Fsp3) is 0.622. The van der Waals surface area contributed by atoms with Crippen molar-refractivity contribution < 1.29 is 37.5 Å². The van der Waals surface area contributed by atoms with Crippen LogP contribution in [0.4, 0.5) is 0 Å². The van der Waals surface area contributed by atoms with Crippen molar-refractivity contribution in [3.63, 3.8) is 0 Å². The van der Waals surface area contributed by atoms with E-state index in [1.807, 2.05) is 6.92 Å². The third-order valence-corrected chi connectivity index (χ3v) is 13.9. The smallest absolute Gasteiger partial charge is 0.287 e. The number of thioether (sulfide) groups is 1. The standard InChI is InChI=1S/C37H50N8O8S2/c1-35(2,51)29-21-39-43-45(29)25-20-28(33(49)41-37(30(46)31(38)47)15-17-54-18-16-37)44(22-25)34(50)27(19-23-7-5-4-6-8-23)40-32(48)24-9-11-26(12-10-24)55(52,53)42-36(3)13-14-36/h9-12,21,23,25,28,42,51H,4-8,13-20,22H2,1-3H3,(H2,38,47)(H,41,49)/t25-,28-/m0/s1. The van der Waals surface area contributed by atoms with Gasteiger partial charge in [0.2, 0.25) is 21.7 Å². The summed E-state index contributed by atoms with van der Waals surface area (Å²) in [4.78, 5) is 73.9. The molecule has 2 atom stereocenters. The average Bonchev–Trinajstić information content (AvgIpc) is 3.49. The van der Waals surface area contributed by atoms with Gasteiger partial charge in [0, 0.05) is 24.1 Å². The number of nitrogens with zero attached hydrogens (tertiary/aromatic N) is 5. The van der Waals surface area contributed by atoms with E-state index in [2.05, 4.69) is 25.3 Å². The summed E-state index contributed by atoms with van der Waals surface area (Å²) in [6.07, 6.45) is 8.07. The molecule has 4 fully saturated rings. The zero-order valence-corrected chi connectivity index (χ0v) is 33.1. The van der Waals surface area contributed by atoms with Crippen LogP contribution < -0.4 is 15.8 Å². The summed E-state index contributed by atoms with van der Waals surface area (Å²) in [5, 5.41) is 21.9. The number of Topliss-reactive ketones (excluding diaryl/α,β-unsaturated/α-hetero) is 1. The lowest BCUT2D eigenvalue weighted by molar-refractivity contribution is -0.143. The van der Waals surface area contributed by atoms with E-state index in [-0.39, 0.29) is 54.3 Å². The third-order valence-electron chi connectivity index (χ3n) is 11.2. The summed E-state index contributed by atoms with van der Waals surface area (Å²) in [6.45, 7) is 4.89. The van der Waals surface area contributed by atoms with Gasteiger partial charge in [0.05, 0.1) is 22.8 Å². The molecular formula is C37H50N8O8S2. The highest BCUT2D eigenvalue weighted by Gasteiger charge is 2.49. The van der Waals surface area contributed by atoms with Crippen LogP contribution in [0.1, 0.15) is 113 Å². The van der Waals surface area contributed by atoms with Crippen LogP contribution in [0.3, 0.4) is 0 Å². The lowest BCUT2D eigenvalue weighted by atomic mass is 9.85. The summed E-state index contributed by atoms with van der Waals surface area (Å²) < 4.78 is 30.0. The average molecular weight is 799 g/mol. The van der Waals surface area contributed by atoms with Gasteiger partial charge in [0.25, 0.3) is 17.7 Å². The van der Waals surface area contributed by atoms with Crippen LogP contribution >= 0.6 is 11.8 Å². The maximum absolute atomic E-state index is 14.8. The number of amides is 4. The number of carbonyl (C=O) groups excluding carboxylic acids is 5. The van der Waals surface area contributed by atoms with Crippen molar-refractivity contribution in [2.75, 3.05) is 18.1 Å². The van der Waals surface area contributed by atoms with Crippen LogP contribution in [0.25, 0.3) is 0 Å². The first kappa shape index (κ1) is 40.7. The van der Waals surface area contributed by atoms with Gasteiger partial charge >= 0.3 is 0 Å². The summed E-state index contributed by atoms with van der Waals surface area (Å²) in [5.74, 6) is -3.06. The molecule has 0 radical (unpaired) electrons. The minimum Gasteiger partial charge on any atom is -0.384 e. The highest BCUT2D eigenvalue weighted by molar-refractivity contribution is 7.99. The van der Waals surface area contributed by atoms with Crippen molar-refractivity contribution in [1.29, 1.82) is 0 Å². The van der Waals surface area contributed by atoms with E-state index < -0.39 is 68.2 Å². The Bertz CT molecular complexity index is 1960. The molecule has 18 heteroatoms. The van der Waals surface area contributed by atoms with Gasteiger partial charge in [-0.15, -0.1) is 5.10 Å². The number of ketones is 1. The van der Waals surface area contributed by atoms with Crippen LogP contribution in [0.5, 0.6) is 0 Å². The van der Waals surface area contributed by atoms with Gasteiger partial charge in [-0.05, 0) is 94.6 Å². The molecule has 2 aromatic rings. The van der Waals surface area contributed by atoms with Crippen LogP contribution in [0.2, 0.25) is 0 Å². The number of benzene rings is 1. The number of carbonyl (C=O) groups is 5. The van der Waals surface area contributed by atoms with Crippen molar-refractivity contribution in [3.05, 3.63) is 41.7 Å². The number of primary amides is 1. The Balaban J connectivity index is 1.33. The number of nitrogens with one attached hydrogen (secondary N) is 2. The molecular weight excluding hydrogens is 749 g/mol. The van der Waals surface area contributed by atoms with Crippen LogP contribution in [0, 0.1) is 5.92 Å². The predicted molar refractivity (Wildman–Crippen MR) is 203 cm³/mol. The monoisotopic (exact) mass is 798 g/mol. The Labute approximate surface area is 324 Å². The van der Waals surface area contributed by atoms with Gasteiger partial charge in [-0.3, -0.25) is 24.0 Å². The van der Waals surface area contributed by atoms with Crippen molar-refractivity contribution in [2.45, 2.75) is 125 Å². The number of rotatable bonds is 13. The van der Waals surface area contributed by atoms with Crippen molar-refractivity contribution in [2.24, 2.45) is 16.6 Å². The molecule has 2 aliphatic heterocycles. The maximum atomic E-state index is 14.8. The summed E-state index contributed by atoms with van der Waals surface area (Å²) in [5.41, 5.74) is 2.46. The first-order valence-corrected chi connectivity index (χ1v) is 21.5. The first-order valence-electron chi connectivity index (χ1n) is 18.9. The summed E-state index contributed by atoms with van der Waals surface area (Å²) >= 11 is 1.58. The van der Waals surface area contributed by atoms with Crippen molar-refractivity contribution in [3.8, 4) is 0 Å². The number of hydrogen-bond acceptors (Lipinski definition) is 11. The van der Waals surface area contributed by atoms with Gasteiger partial charge in [-0.2, -0.15) is 11.8 Å². The quantitative estimate of drug-likeness (QED) is 0.169. The summed E-state index contributed by atoms with van der Waals surface area (Å²) in [6, 6.07) is 3.57. The van der Waals surface area contributed by atoms with E-state index in [9.17, 15) is 37.5 Å². The largest absolute Gasteiger partial charge is 0.384 e. The molecule has 55 heavy (non-hydrogen) atoms. The fourth-order valence-electron chi connectivity index (χ4n) is 7.75. The number of hydrogen-bond donors (Lipinski definition) is 4. The van der Waals surface area contributed by atoms with E-state index in [1.165, 1.54) is 40.0 Å². The molecule has 298 valence electrons. The molecule has 1 aromatic heterocycles. The molecule has 16 nitrogen and oxygen atoms in total. The predicted octanol–water partition coefficient (Wildman–Crippen LogP) is 2.17. The molecule has 2 saturated carbocycles. The molecule has 6 rings (SSSR count). The first-order chi connectivity index (χ1) is 25.9. The van der Waals surface area contributed by atoms with Crippen molar-refractivity contribution in [1.82, 2.24) is 29.9 Å². The van der Waals surface area contributed by atoms with E-state index in [0.29, 0.717) is 17.2 Å². The number of aromatic nitrogens is 3. The molecule has 4 amide bonds. The highest BCUT2D eigenvalue weighted by atomic mass is 32.2. The van der Waals surface area contributed by atoms with Gasteiger partial charge in [-0.25, -0.2) is 22.8 Å². The van der Waals surface area contributed by atoms with E-state index in [0.717, 1.165) is 44.9 Å². The molecule has 2 saturated heterocycles. The summed E-state index contributed by atoms with van der Waals surface area (Å²) in [7, 11) is -3.81. The van der Waals surface area contributed by atoms with Gasteiger partial charge < -0.3 is 21.1 Å². The van der Waals surface area contributed by atoms with E-state index >= 15 is 0 Å². The zero-order valence-electron chi connectivity index (χ0n) is 31.5. The van der Waals surface area contributed by atoms with Gasteiger partial charge in [-0.1, -0.05) is 37.3 Å². The molecule has 2 aliphatic carbocycles. The number of aliphatic imine (C=N–C) groups is 1. The topological polar surface area (TPSA) is 236 Å². The zero-order chi connectivity index (χ0) is 39.8. The second-order valence-electron chi connectivity index (χ2n) is 16.1. The second-order valence-corrected chi connectivity index (χ2v) is 19.0. The Hall–Kier alpha value is -4.00. The lowest BCUT2D eigenvalue weighted by Gasteiger charge is -2.37. The molecule has 0 unspecified atom stereocenters. The van der Waals surface area contributed by atoms with E-state index in [4.69, 9.17) is 5.73 Å². The maximum Gasteiger partial charge on any atom is 0.287 e. The lowest BCUT2D eigenvalue weighted by Crippen LogP contribution is -2.63. The molecule has 4 aliphatic rings. The molecule has 0 spiro atoms. The number of sulfonamides is 1. The van der Waals surface area contributed by atoms with Crippen LogP contribution in [0.15, 0.2) is 40.4 Å². The minimum absolute atomic E-state index is 0.000640.